The lowest BCUT2D eigenvalue weighted by Crippen LogP contribution is -2.40. The SMILES string of the molecule is O=C(O)CCC(=O)NC(=O)NC1CC1c1ccccc1. The maximum atomic E-state index is 11.5. The zero-order chi connectivity index (χ0) is 14.5. The highest BCUT2D eigenvalue weighted by Gasteiger charge is 2.39. The molecule has 6 nitrogen and oxygen atoms in total. The van der Waals surface area contributed by atoms with E-state index < -0.39 is 17.9 Å². The second-order valence-corrected chi connectivity index (χ2v) is 4.77. The minimum atomic E-state index is -1.06. The van der Waals surface area contributed by atoms with Crippen molar-refractivity contribution >= 4 is 17.9 Å². The number of carbonyl (C=O) groups excluding carboxylic acids is 2. The third kappa shape index (κ3) is 4.08. The molecule has 6 heteroatoms. The third-order valence-corrected chi connectivity index (χ3v) is 3.15. The minimum Gasteiger partial charge on any atom is -0.481 e. The topological polar surface area (TPSA) is 95.5 Å². The number of amides is 3. The van der Waals surface area contributed by atoms with Crippen molar-refractivity contribution in [3.8, 4) is 0 Å². The normalized spacial score (nSPS) is 20.0. The van der Waals surface area contributed by atoms with E-state index in [1.54, 1.807) is 0 Å². The number of hydrogen-bond donors (Lipinski definition) is 3. The van der Waals surface area contributed by atoms with Gasteiger partial charge in [0, 0.05) is 18.4 Å². The van der Waals surface area contributed by atoms with Crippen LogP contribution < -0.4 is 10.6 Å². The summed E-state index contributed by atoms with van der Waals surface area (Å²) in [6.07, 6.45) is 0.367. The van der Waals surface area contributed by atoms with Gasteiger partial charge in [0.15, 0.2) is 0 Å². The van der Waals surface area contributed by atoms with E-state index in [0.29, 0.717) is 0 Å². The lowest BCUT2D eigenvalue weighted by Gasteiger charge is -2.06. The molecule has 106 valence electrons. The molecule has 1 saturated carbocycles. The lowest BCUT2D eigenvalue weighted by atomic mass is 10.1. The van der Waals surface area contributed by atoms with Crippen molar-refractivity contribution in [2.45, 2.75) is 31.2 Å². The van der Waals surface area contributed by atoms with Gasteiger partial charge in [-0.2, -0.15) is 0 Å². The highest BCUT2D eigenvalue weighted by atomic mass is 16.4. The zero-order valence-electron chi connectivity index (χ0n) is 10.8. The summed E-state index contributed by atoms with van der Waals surface area (Å²) in [6.45, 7) is 0. The molecule has 2 atom stereocenters. The van der Waals surface area contributed by atoms with E-state index in [-0.39, 0.29) is 24.8 Å². The van der Waals surface area contributed by atoms with Gasteiger partial charge in [0.2, 0.25) is 5.91 Å². The molecule has 0 spiro atoms. The molecule has 20 heavy (non-hydrogen) atoms. The number of urea groups is 1. The van der Waals surface area contributed by atoms with Crippen molar-refractivity contribution in [1.29, 1.82) is 0 Å². The number of rotatable bonds is 5. The number of hydrogen-bond acceptors (Lipinski definition) is 3. The number of carbonyl (C=O) groups is 3. The van der Waals surface area contributed by atoms with E-state index in [1.807, 2.05) is 30.3 Å². The van der Waals surface area contributed by atoms with Gasteiger partial charge < -0.3 is 10.4 Å². The van der Waals surface area contributed by atoms with Crippen LogP contribution in [0.5, 0.6) is 0 Å². The van der Waals surface area contributed by atoms with Gasteiger partial charge in [0.25, 0.3) is 0 Å². The Balaban J connectivity index is 1.71. The standard InChI is InChI=1S/C14H16N2O4/c17-12(6-7-13(18)19)16-14(20)15-11-8-10(11)9-4-2-1-3-5-9/h1-5,10-11H,6-8H2,(H,18,19)(H2,15,16,17,20). The van der Waals surface area contributed by atoms with Crippen LogP contribution >= 0.6 is 0 Å². The van der Waals surface area contributed by atoms with Crippen LogP contribution in [0.15, 0.2) is 30.3 Å². The Kier molecular flexibility index (Phi) is 4.34. The molecule has 3 N–H and O–H groups in total. The van der Waals surface area contributed by atoms with Gasteiger partial charge in [0.05, 0.1) is 6.42 Å². The van der Waals surface area contributed by atoms with Gasteiger partial charge >= 0.3 is 12.0 Å². The zero-order valence-corrected chi connectivity index (χ0v) is 10.8. The fourth-order valence-corrected chi connectivity index (χ4v) is 2.04. The Morgan fingerprint density at radius 1 is 1.15 bits per heavy atom. The maximum absolute atomic E-state index is 11.5. The molecular formula is C14H16N2O4. The molecule has 0 radical (unpaired) electrons. The predicted molar refractivity (Wildman–Crippen MR) is 71.1 cm³/mol. The first-order valence-electron chi connectivity index (χ1n) is 6.43. The second-order valence-electron chi connectivity index (χ2n) is 4.77. The van der Waals surface area contributed by atoms with E-state index in [9.17, 15) is 14.4 Å². The molecule has 2 unspecified atom stereocenters. The maximum Gasteiger partial charge on any atom is 0.321 e. The van der Waals surface area contributed by atoms with E-state index >= 15 is 0 Å². The summed E-state index contributed by atoms with van der Waals surface area (Å²) in [5.74, 6) is -1.36. The van der Waals surface area contributed by atoms with Crippen LogP contribution in [0.4, 0.5) is 4.79 Å². The Morgan fingerprint density at radius 3 is 2.50 bits per heavy atom. The van der Waals surface area contributed by atoms with Crippen molar-refractivity contribution in [1.82, 2.24) is 10.6 Å². The fraction of sp³-hybridized carbons (Fsp3) is 0.357. The fourth-order valence-electron chi connectivity index (χ4n) is 2.04. The van der Waals surface area contributed by atoms with Gasteiger partial charge in [-0.3, -0.25) is 14.9 Å². The molecule has 0 aliphatic heterocycles. The van der Waals surface area contributed by atoms with Crippen LogP contribution in [0.1, 0.15) is 30.7 Å². The lowest BCUT2D eigenvalue weighted by molar-refractivity contribution is -0.138. The van der Waals surface area contributed by atoms with Crippen molar-refractivity contribution in [2.75, 3.05) is 0 Å². The van der Waals surface area contributed by atoms with Crippen LogP contribution in [0.3, 0.4) is 0 Å². The number of benzene rings is 1. The molecule has 1 fully saturated rings. The van der Waals surface area contributed by atoms with E-state index in [4.69, 9.17) is 5.11 Å². The molecule has 1 aromatic carbocycles. The monoisotopic (exact) mass is 276 g/mol. The van der Waals surface area contributed by atoms with Crippen LogP contribution in [0.2, 0.25) is 0 Å². The highest BCUT2D eigenvalue weighted by molar-refractivity contribution is 5.95. The number of nitrogens with one attached hydrogen (secondary N) is 2. The van der Waals surface area contributed by atoms with Crippen molar-refractivity contribution in [3.63, 3.8) is 0 Å². The molecule has 1 aromatic rings. The summed E-state index contributed by atoms with van der Waals surface area (Å²) in [5.41, 5.74) is 1.16. The van der Waals surface area contributed by atoms with Gasteiger partial charge in [-0.25, -0.2) is 4.79 Å². The molecule has 1 aliphatic rings. The van der Waals surface area contributed by atoms with Crippen molar-refractivity contribution in [2.24, 2.45) is 0 Å². The number of aliphatic carboxylic acids is 1. The molecular weight excluding hydrogens is 260 g/mol. The third-order valence-electron chi connectivity index (χ3n) is 3.15. The largest absolute Gasteiger partial charge is 0.481 e. The second kappa shape index (κ2) is 6.18. The van der Waals surface area contributed by atoms with E-state index in [1.165, 1.54) is 0 Å². The number of carboxylic acid groups (broad SMARTS) is 1. The minimum absolute atomic E-state index is 0.0321. The summed E-state index contributed by atoms with van der Waals surface area (Å²) in [7, 11) is 0. The van der Waals surface area contributed by atoms with Gasteiger partial charge in [0.1, 0.15) is 0 Å². The van der Waals surface area contributed by atoms with Crippen LogP contribution in [0.25, 0.3) is 0 Å². The number of carboxylic acids is 1. The quantitative estimate of drug-likeness (QED) is 0.753. The summed E-state index contributed by atoms with van der Waals surface area (Å²) in [6, 6.07) is 9.29. The first-order chi connectivity index (χ1) is 9.56. The van der Waals surface area contributed by atoms with Crippen LogP contribution in [0, 0.1) is 0 Å². The molecule has 3 amide bonds. The summed E-state index contributed by atoms with van der Waals surface area (Å²) in [4.78, 5) is 33.1. The Morgan fingerprint density at radius 2 is 1.85 bits per heavy atom. The van der Waals surface area contributed by atoms with Crippen LogP contribution in [-0.2, 0) is 9.59 Å². The molecule has 0 aromatic heterocycles. The van der Waals surface area contributed by atoms with E-state index in [0.717, 1.165) is 12.0 Å². The summed E-state index contributed by atoms with van der Waals surface area (Å²) >= 11 is 0. The first kappa shape index (κ1) is 14.0. The Hall–Kier alpha value is -2.37. The summed E-state index contributed by atoms with van der Waals surface area (Å²) in [5, 5.41) is 13.3. The average molecular weight is 276 g/mol. The van der Waals surface area contributed by atoms with E-state index in [2.05, 4.69) is 10.6 Å². The molecule has 1 aliphatic carbocycles. The van der Waals surface area contributed by atoms with Crippen molar-refractivity contribution < 1.29 is 19.5 Å². The van der Waals surface area contributed by atoms with Crippen LogP contribution in [-0.4, -0.2) is 29.1 Å². The summed E-state index contributed by atoms with van der Waals surface area (Å²) < 4.78 is 0. The molecule has 2 rings (SSSR count). The number of imide groups is 1. The van der Waals surface area contributed by atoms with Gasteiger partial charge in [-0.1, -0.05) is 30.3 Å². The highest BCUT2D eigenvalue weighted by Crippen LogP contribution is 2.40. The molecule has 0 saturated heterocycles. The van der Waals surface area contributed by atoms with Crippen molar-refractivity contribution in [3.05, 3.63) is 35.9 Å². The Labute approximate surface area is 116 Å². The first-order valence-corrected chi connectivity index (χ1v) is 6.43. The smallest absolute Gasteiger partial charge is 0.321 e. The Bertz CT molecular complexity index is 515. The predicted octanol–water partition coefficient (Wildman–Crippen LogP) is 1.23. The molecule has 0 bridgehead atoms. The average Bonchev–Trinajstić information content (AvgIpc) is 3.16. The molecule has 0 heterocycles. The van der Waals surface area contributed by atoms with Gasteiger partial charge in [-0.15, -0.1) is 0 Å². The van der Waals surface area contributed by atoms with Gasteiger partial charge in [-0.05, 0) is 12.0 Å².